The van der Waals surface area contributed by atoms with Crippen LogP contribution in [0.3, 0.4) is 0 Å². The SMILES string of the molecule is Cc1nc(N2CCN(Cc3ccc4c(c3)NC(=O)CO4)CC2)sc1C. The molecular formula is C18H22N4O2S. The van der Waals surface area contributed by atoms with Gasteiger partial charge in [-0.1, -0.05) is 6.07 Å². The van der Waals surface area contributed by atoms with Gasteiger partial charge in [0.25, 0.3) is 5.91 Å². The molecule has 0 spiro atoms. The van der Waals surface area contributed by atoms with Gasteiger partial charge in [-0.05, 0) is 31.5 Å². The number of hydrogen-bond acceptors (Lipinski definition) is 6. The maximum Gasteiger partial charge on any atom is 0.262 e. The molecule has 4 rings (SSSR count). The summed E-state index contributed by atoms with van der Waals surface area (Å²) in [6, 6.07) is 6.05. The van der Waals surface area contributed by atoms with Gasteiger partial charge in [-0.25, -0.2) is 4.98 Å². The van der Waals surface area contributed by atoms with Crippen molar-refractivity contribution in [2.75, 3.05) is 43.0 Å². The summed E-state index contributed by atoms with van der Waals surface area (Å²) in [5.41, 5.74) is 3.11. The highest BCUT2D eigenvalue weighted by Crippen LogP contribution is 2.29. The molecule has 1 saturated heterocycles. The number of hydrogen-bond donors (Lipinski definition) is 1. The van der Waals surface area contributed by atoms with E-state index in [9.17, 15) is 4.79 Å². The maximum atomic E-state index is 11.5. The van der Waals surface area contributed by atoms with Crippen LogP contribution in [0.25, 0.3) is 0 Å². The fourth-order valence-corrected chi connectivity index (χ4v) is 4.14. The highest BCUT2D eigenvalue weighted by molar-refractivity contribution is 7.15. The molecule has 0 saturated carbocycles. The average molecular weight is 358 g/mol. The average Bonchev–Trinajstić information content (AvgIpc) is 2.94. The van der Waals surface area contributed by atoms with Crippen LogP contribution < -0.4 is 15.0 Å². The van der Waals surface area contributed by atoms with Crippen molar-refractivity contribution in [3.05, 3.63) is 34.3 Å². The Morgan fingerprint density at radius 1 is 1.24 bits per heavy atom. The quantitative estimate of drug-likeness (QED) is 0.913. The Morgan fingerprint density at radius 2 is 2.04 bits per heavy atom. The standard InChI is InChI=1S/C18H22N4O2S/c1-12-13(2)25-18(19-12)22-7-5-21(6-8-22)10-14-3-4-16-15(9-14)20-17(23)11-24-16/h3-4,9H,5-8,10-11H2,1-2H3,(H,20,23). The predicted octanol–water partition coefficient (Wildman–Crippen LogP) is 2.41. The molecule has 0 bridgehead atoms. The van der Waals surface area contributed by atoms with Crippen LogP contribution in [0.5, 0.6) is 5.75 Å². The van der Waals surface area contributed by atoms with Gasteiger partial charge in [0, 0.05) is 37.6 Å². The van der Waals surface area contributed by atoms with Gasteiger partial charge >= 0.3 is 0 Å². The van der Waals surface area contributed by atoms with E-state index in [1.165, 1.54) is 10.4 Å². The second-order valence-corrected chi connectivity index (χ2v) is 7.75. The van der Waals surface area contributed by atoms with Crippen LogP contribution in [0.2, 0.25) is 0 Å². The monoisotopic (exact) mass is 358 g/mol. The van der Waals surface area contributed by atoms with Crippen LogP contribution in [-0.2, 0) is 11.3 Å². The summed E-state index contributed by atoms with van der Waals surface area (Å²) < 4.78 is 5.42. The van der Waals surface area contributed by atoms with Crippen LogP contribution in [0, 0.1) is 13.8 Å². The van der Waals surface area contributed by atoms with Crippen molar-refractivity contribution in [3.8, 4) is 5.75 Å². The minimum absolute atomic E-state index is 0.0905. The summed E-state index contributed by atoms with van der Waals surface area (Å²) >= 11 is 1.78. The summed E-state index contributed by atoms with van der Waals surface area (Å²) in [4.78, 5) is 22.3. The van der Waals surface area contributed by atoms with Crippen molar-refractivity contribution in [1.29, 1.82) is 0 Å². The molecule has 0 unspecified atom stereocenters. The summed E-state index contributed by atoms with van der Waals surface area (Å²) in [7, 11) is 0. The number of carbonyl (C=O) groups is 1. The second kappa shape index (κ2) is 6.65. The van der Waals surface area contributed by atoms with E-state index in [2.05, 4.69) is 40.0 Å². The lowest BCUT2D eigenvalue weighted by molar-refractivity contribution is -0.118. The molecule has 1 amide bonds. The highest BCUT2D eigenvalue weighted by Gasteiger charge is 2.21. The molecule has 0 aliphatic carbocycles. The molecule has 3 heterocycles. The Bertz CT molecular complexity index is 777. The number of aryl methyl sites for hydroxylation is 2. The third-order valence-electron chi connectivity index (χ3n) is 4.74. The van der Waals surface area contributed by atoms with Gasteiger partial charge in [0.05, 0.1) is 11.4 Å². The molecule has 1 N–H and O–H groups in total. The molecule has 2 aliphatic rings. The molecule has 2 aromatic rings. The fourth-order valence-electron chi connectivity index (χ4n) is 3.18. The number of carbonyl (C=O) groups excluding carboxylic acids is 1. The number of thiazole rings is 1. The minimum atomic E-state index is -0.0905. The number of nitrogens with one attached hydrogen (secondary N) is 1. The zero-order valence-corrected chi connectivity index (χ0v) is 15.4. The molecule has 25 heavy (non-hydrogen) atoms. The van der Waals surface area contributed by atoms with E-state index >= 15 is 0 Å². The molecule has 2 aliphatic heterocycles. The second-order valence-electron chi connectivity index (χ2n) is 6.57. The zero-order valence-electron chi connectivity index (χ0n) is 14.5. The summed E-state index contributed by atoms with van der Waals surface area (Å²) in [5.74, 6) is 0.662. The van der Waals surface area contributed by atoms with E-state index in [4.69, 9.17) is 4.74 Å². The predicted molar refractivity (Wildman–Crippen MR) is 99.6 cm³/mol. The Morgan fingerprint density at radius 3 is 2.76 bits per heavy atom. The fraction of sp³-hybridized carbons (Fsp3) is 0.444. The Hall–Kier alpha value is -2.12. The third-order valence-corrected chi connectivity index (χ3v) is 5.88. The molecule has 1 aromatic carbocycles. The van der Waals surface area contributed by atoms with Crippen LogP contribution in [0.15, 0.2) is 18.2 Å². The van der Waals surface area contributed by atoms with Gasteiger partial charge in [-0.3, -0.25) is 9.69 Å². The van der Waals surface area contributed by atoms with Crippen LogP contribution >= 0.6 is 11.3 Å². The molecule has 1 aromatic heterocycles. The number of fused-ring (bicyclic) bond motifs is 1. The van der Waals surface area contributed by atoms with E-state index in [1.54, 1.807) is 11.3 Å². The van der Waals surface area contributed by atoms with Crippen molar-refractivity contribution < 1.29 is 9.53 Å². The molecule has 0 radical (unpaired) electrons. The molecule has 6 nitrogen and oxygen atoms in total. The van der Waals surface area contributed by atoms with Crippen molar-refractivity contribution >= 4 is 28.1 Å². The lowest BCUT2D eigenvalue weighted by Gasteiger charge is -2.34. The van der Waals surface area contributed by atoms with E-state index in [0.717, 1.165) is 55.0 Å². The Balaban J connectivity index is 1.37. The summed E-state index contributed by atoms with van der Waals surface area (Å²) in [6.07, 6.45) is 0. The number of piperazine rings is 1. The molecular weight excluding hydrogens is 336 g/mol. The van der Waals surface area contributed by atoms with Gasteiger partial charge in [0.2, 0.25) is 0 Å². The first-order valence-corrected chi connectivity index (χ1v) is 9.37. The van der Waals surface area contributed by atoms with E-state index in [0.29, 0.717) is 0 Å². The third kappa shape index (κ3) is 3.48. The van der Waals surface area contributed by atoms with Crippen LogP contribution in [0.4, 0.5) is 10.8 Å². The van der Waals surface area contributed by atoms with Crippen molar-refractivity contribution in [2.45, 2.75) is 20.4 Å². The normalized spacial score (nSPS) is 17.8. The minimum Gasteiger partial charge on any atom is -0.482 e. The maximum absolute atomic E-state index is 11.5. The highest BCUT2D eigenvalue weighted by atomic mass is 32.1. The van der Waals surface area contributed by atoms with Crippen molar-refractivity contribution in [3.63, 3.8) is 0 Å². The Kier molecular flexibility index (Phi) is 4.35. The number of amides is 1. The largest absolute Gasteiger partial charge is 0.482 e. The number of nitrogens with zero attached hydrogens (tertiary/aromatic N) is 3. The smallest absolute Gasteiger partial charge is 0.262 e. The van der Waals surface area contributed by atoms with Gasteiger partial charge in [0.1, 0.15) is 5.75 Å². The van der Waals surface area contributed by atoms with E-state index in [1.807, 2.05) is 12.1 Å². The number of benzene rings is 1. The van der Waals surface area contributed by atoms with Gasteiger partial charge < -0.3 is 15.0 Å². The van der Waals surface area contributed by atoms with Crippen LogP contribution in [0.1, 0.15) is 16.1 Å². The summed E-state index contributed by atoms with van der Waals surface area (Å²) in [6.45, 7) is 9.20. The summed E-state index contributed by atoms with van der Waals surface area (Å²) in [5, 5.41) is 4.02. The lowest BCUT2D eigenvalue weighted by atomic mass is 10.1. The van der Waals surface area contributed by atoms with Gasteiger partial charge in [0.15, 0.2) is 11.7 Å². The first-order chi connectivity index (χ1) is 12.1. The lowest BCUT2D eigenvalue weighted by Crippen LogP contribution is -2.46. The van der Waals surface area contributed by atoms with Gasteiger partial charge in [-0.2, -0.15) is 0 Å². The molecule has 7 heteroatoms. The number of rotatable bonds is 3. The Labute approximate surface area is 151 Å². The molecule has 132 valence electrons. The van der Waals surface area contributed by atoms with Crippen LogP contribution in [-0.4, -0.2) is 48.6 Å². The molecule has 0 atom stereocenters. The number of anilines is 2. The number of aromatic nitrogens is 1. The van der Waals surface area contributed by atoms with E-state index in [-0.39, 0.29) is 12.5 Å². The van der Waals surface area contributed by atoms with E-state index < -0.39 is 0 Å². The molecule has 1 fully saturated rings. The topological polar surface area (TPSA) is 57.7 Å². The van der Waals surface area contributed by atoms with Crippen molar-refractivity contribution in [2.24, 2.45) is 0 Å². The zero-order chi connectivity index (χ0) is 17.4. The number of ether oxygens (including phenoxy) is 1. The van der Waals surface area contributed by atoms with Crippen molar-refractivity contribution in [1.82, 2.24) is 9.88 Å². The van der Waals surface area contributed by atoms with Gasteiger partial charge in [-0.15, -0.1) is 11.3 Å². The first kappa shape index (κ1) is 16.4. The first-order valence-electron chi connectivity index (χ1n) is 8.55.